The first kappa shape index (κ1) is 15.6. The molecule has 0 bridgehead atoms. The average molecular weight is 313 g/mol. The van der Waals surface area contributed by atoms with Gasteiger partial charge in [-0.25, -0.2) is 4.79 Å². The van der Waals surface area contributed by atoms with Gasteiger partial charge in [-0.3, -0.25) is 4.79 Å². The van der Waals surface area contributed by atoms with Crippen LogP contribution in [0.3, 0.4) is 0 Å². The second-order valence-corrected chi connectivity index (χ2v) is 6.26. The standard InChI is InChI=1S/C18H23N3O2/c1-20-13-16(9-10-17(20)22)19-18(23)21-11-5-8-15(12-21)14-6-3-2-4-7-14/h2-4,6-8,16H,5,9-13H2,1H3,(H,19,23)/t16-/m1/s1. The molecule has 0 aromatic heterocycles. The molecule has 3 amide bonds. The highest BCUT2D eigenvalue weighted by Crippen LogP contribution is 2.21. The number of hydrogen-bond donors (Lipinski definition) is 1. The maximum absolute atomic E-state index is 12.5. The van der Waals surface area contributed by atoms with Crippen LogP contribution in [0.2, 0.25) is 0 Å². The van der Waals surface area contributed by atoms with Crippen molar-refractivity contribution < 1.29 is 9.59 Å². The number of amides is 3. The van der Waals surface area contributed by atoms with Crippen LogP contribution in [0.5, 0.6) is 0 Å². The Hall–Kier alpha value is -2.30. The fourth-order valence-electron chi connectivity index (χ4n) is 3.17. The second kappa shape index (κ2) is 6.86. The summed E-state index contributed by atoms with van der Waals surface area (Å²) in [5, 5.41) is 3.08. The number of carbonyl (C=O) groups excluding carboxylic acids is 2. The lowest BCUT2D eigenvalue weighted by atomic mass is 10.0. The Bertz CT molecular complexity index is 612. The second-order valence-electron chi connectivity index (χ2n) is 6.26. The van der Waals surface area contributed by atoms with Gasteiger partial charge in [0.15, 0.2) is 0 Å². The maximum atomic E-state index is 12.5. The molecular formula is C18H23N3O2. The molecule has 23 heavy (non-hydrogen) atoms. The highest BCUT2D eigenvalue weighted by Gasteiger charge is 2.26. The molecule has 2 aliphatic rings. The van der Waals surface area contributed by atoms with E-state index < -0.39 is 0 Å². The lowest BCUT2D eigenvalue weighted by molar-refractivity contribution is -0.132. The van der Waals surface area contributed by atoms with Crippen molar-refractivity contribution in [1.29, 1.82) is 0 Å². The molecule has 1 N–H and O–H groups in total. The lowest BCUT2D eigenvalue weighted by Gasteiger charge is -2.33. The van der Waals surface area contributed by atoms with Crippen molar-refractivity contribution in [3.63, 3.8) is 0 Å². The molecule has 2 heterocycles. The topological polar surface area (TPSA) is 52.7 Å². The zero-order valence-corrected chi connectivity index (χ0v) is 13.5. The van der Waals surface area contributed by atoms with Gasteiger partial charge in [0.2, 0.25) is 5.91 Å². The van der Waals surface area contributed by atoms with E-state index in [4.69, 9.17) is 0 Å². The zero-order chi connectivity index (χ0) is 16.2. The highest BCUT2D eigenvalue weighted by atomic mass is 16.2. The Labute approximate surface area is 137 Å². The molecule has 0 spiro atoms. The van der Waals surface area contributed by atoms with Crippen LogP contribution in [-0.4, -0.2) is 54.5 Å². The van der Waals surface area contributed by atoms with Crippen molar-refractivity contribution in [2.75, 3.05) is 26.7 Å². The molecule has 5 heteroatoms. The van der Waals surface area contributed by atoms with Crippen molar-refractivity contribution in [1.82, 2.24) is 15.1 Å². The molecule has 1 aromatic carbocycles. The molecule has 122 valence electrons. The Morgan fingerprint density at radius 2 is 2.04 bits per heavy atom. The van der Waals surface area contributed by atoms with E-state index in [0.29, 0.717) is 19.5 Å². The van der Waals surface area contributed by atoms with Crippen LogP contribution >= 0.6 is 0 Å². The molecular weight excluding hydrogens is 290 g/mol. The summed E-state index contributed by atoms with van der Waals surface area (Å²) in [6.07, 6.45) is 4.33. The van der Waals surface area contributed by atoms with E-state index in [0.717, 1.165) is 19.4 Å². The predicted octanol–water partition coefficient (Wildman–Crippen LogP) is 2.11. The minimum Gasteiger partial charge on any atom is -0.344 e. The van der Waals surface area contributed by atoms with Crippen LogP contribution in [0.4, 0.5) is 4.79 Å². The molecule has 1 aromatic rings. The number of carbonyl (C=O) groups is 2. The van der Waals surface area contributed by atoms with Crippen molar-refractivity contribution in [3.8, 4) is 0 Å². The fourth-order valence-corrected chi connectivity index (χ4v) is 3.17. The number of hydrogen-bond acceptors (Lipinski definition) is 2. The van der Waals surface area contributed by atoms with Gasteiger partial charge in [0, 0.05) is 39.1 Å². The number of likely N-dealkylation sites (N-methyl/N-ethyl adjacent to an activating group) is 1. The Balaban J connectivity index is 1.58. The Morgan fingerprint density at radius 1 is 1.26 bits per heavy atom. The summed E-state index contributed by atoms with van der Waals surface area (Å²) in [6, 6.07) is 10.2. The van der Waals surface area contributed by atoms with Gasteiger partial charge in [-0.05, 0) is 24.0 Å². The van der Waals surface area contributed by atoms with E-state index in [2.05, 4.69) is 23.5 Å². The summed E-state index contributed by atoms with van der Waals surface area (Å²) in [4.78, 5) is 27.6. The number of piperidine rings is 1. The Kier molecular flexibility index (Phi) is 4.65. The van der Waals surface area contributed by atoms with Crippen molar-refractivity contribution in [2.45, 2.75) is 25.3 Å². The van der Waals surface area contributed by atoms with E-state index in [9.17, 15) is 9.59 Å². The van der Waals surface area contributed by atoms with E-state index in [1.54, 1.807) is 11.9 Å². The quantitative estimate of drug-likeness (QED) is 0.909. The van der Waals surface area contributed by atoms with E-state index in [1.807, 2.05) is 23.1 Å². The van der Waals surface area contributed by atoms with Gasteiger partial charge < -0.3 is 15.1 Å². The summed E-state index contributed by atoms with van der Waals surface area (Å²) in [5.41, 5.74) is 2.37. The summed E-state index contributed by atoms with van der Waals surface area (Å²) in [7, 11) is 1.79. The molecule has 0 unspecified atom stereocenters. The van der Waals surface area contributed by atoms with Gasteiger partial charge in [-0.1, -0.05) is 36.4 Å². The zero-order valence-electron chi connectivity index (χ0n) is 13.5. The van der Waals surface area contributed by atoms with Gasteiger partial charge in [0.25, 0.3) is 0 Å². The monoisotopic (exact) mass is 313 g/mol. The number of nitrogens with one attached hydrogen (secondary N) is 1. The third-order valence-electron chi connectivity index (χ3n) is 4.54. The van der Waals surface area contributed by atoms with Crippen LogP contribution in [0, 0.1) is 0 Å². The fraction of sp³-hybridized carbons (Fsp3) is 0.444. The van der Waals surface area contributed by atoms with E-state index in [-0.39, 0.29) is 18.0 Å². The lowest BCUT2D eigenvalue weighted by Crippen LogP contribution is -2.52. The minimum absolute atomic E-state index is 0.0284. The van der Waals surface area contributed by atoms with Crippen LogP contribution in [0.1, 0.15) is 24.8 Å². The van der Waals surface area contributed by atoms with Crippen LogP contribution < -0.4 is 5.32 Å². The molecule has 1 saturated heterocycles. The first-order valence-corrected chi connectivity index (χ1v) is 8.17. The largest absolute Gasteiger partial charge is 0.344 e. The Morgan fingerprint density at radius 3 is 2.78 bits per heavy atom. The van der Waals surface area contributed by atoms with Gasteiger partial charge in [0.1, 0.15) is 0 Å². The summed E-state index contributed by atoms with van der Waals surface area (Å²) < 4.78 is 0. The molecule has 1 atom stereocenters. The first-order chi connectivity index (χ1) is 11.1. The highest BCUT2D eigenvalue weighted by molar-refractivity contribution is 5.80. The van der Waals surface area contributed by atoms with Crippen LogP contribution in [0.15, 0.2) is 36.4 Å². The normalized spacial score (nSPS) is 21.9. The van der Waals surface area contributed by atoms with Gasteiger partial charge in [-0.2, -0.15) is 0 Å². The van der Waals surface area contributed by atoms with E-state index in [1.165, 1.54) is 11.1 Å². The molecule has 0 saturated carbocycles. The molecule has 0 aliphatic carbocycles. The number of urea groups is 1. The maximum Gasteiger partial charge on any atom is 0.317 e. The minimum atomic E-state index is -0.0284. The first-order valence-electron chi connectivity index (χ1n) is 8.17. The van der Waals surface area contributed by atoms with Crippen LogP contribution in [-0.2, 0) is 4.79 Å². The van der Waals surface area contributed by atoms with Crippen molar-refractivity contribution in [3.05, 3.63) is 42.0 Å². The smallest absolute Gasteiger partial charge is 0.317 e. The summed E-state index contributed by atoms with van der Waals surface area (Å²) >= 11 is 0. The molecule has 5 nitrogen and oxygen atoms in total. The molecule has 2 aliphatic heterocycles. The van der Waals surface area contributed by atoms with Gasteiger partial charge >= 0.3 is 6.03 Å². The van der Waals surface area contributed by atoms with E-state index >= 15 is 0 Å². The third-order valence-corrected chi connectivity index (χ3v) is 4.54. The number of likely N-dealkylation sites (tertiary alicyclic amines) is 1. The van der Waals surface area contributed by atoms with Crippen molar-refractivity contribution in [2.24, 2.45) is 0 Å². The number of nitrogens with zero attached hydrogens (tertiary/aromatic N) is 2. The molecule has 1 fully saturated rings. The average Bonchev–Trinajstić information content (AvgIpc) is 2.59. The molecule has 0 radical (unpaired) electrons. The SMILES string of the molecule is CN1C[C@H](NC(=O)N2CCC=C(c3ccccc3)C2)CCC1=O. The van der Waals surface area contributed by atoms with Gasteiger partial charge in [0.05, 0.1) is 0 Å². The number of benzene rings is 1. The molecule has 3 rings (SSSR count). The third kappa shape index (κ3) is 3.73. The van der Waals surface area contributed by atoms with Crippen LogP contribution in [0.25, 0.3) is 5.57 Å². The van der Waals surface area contributed by atoms with Crippen molar-refractivity contribution >= 4 is 17.5 Å². The number of rotatable bonds is 2. The summed E-state index contributed by atoms with van der Waals surface area (Å²) in [5.74, 6) is 0.155. The van der Waals surface area contributed by atoms with Gasteiger partial charge in [-0.15, -0.1) is 0 Å². The predicted molar refractivity (Wildman–Crippen MR) is 89.8 cm³/mol. The summed E-state index contributed by atoms with van der Waals surface area (Å²) in [6.45, 7) is 1.97.